The molecule has 6 rings (SSSR count). The summed E-state index contributed by atoms with van der Waals surface area (Å²) in [5, 5.41) is 13.0. The van der Waals surface area contributed by atoms with Gasteiger partial charge in [0, 0.05) is 50.4 Å². The number of carbonyl (C=O) groups is 1. The molecule has 1 N–H and O–H groups in total. The maximum absolute atomic E-state index is 12.3. The van der Waals surface area contributed by atoms with Crippen LogP contribution in [0.5, 0.6) is 0 Å². The molecule has 8 heteroatoms. The number of aromatic nitrogens is 2. The van der Waals surface area contributed by atoms with Crippen LogP contribution in [0.15, 0.2) is 96.9 Å². The summed E-state index contributed by atoms with van der Waals surface area (Å²) in [7, 11) is 0. The van der Waals surface area contributed by atoms with Gasteiger partial charge in [-0.3, -0.25) is 4.79 Å². The quantitative estimate of drug-likeness (QED) is 0.0891. The van der Waals surface area contributed by atoms with Gasteiger partial charge in [-0.05, 0) is 78.1 Å². The van der Waals surface area contributed by atoms with Gasteiger partial charge in [0.05, 0.1) is 17.7 Å². The van der Waals surface area contributed by atoms with Gasteiger partial charge in [0.15, 0.2) is 5.78 Å². The van der Waals surface area contributed by atoms with E-state index in [9.17, 15) is 23.1 Å². The zero-order valence-corrected chi connectivity index (χ0v) is 36.4. The number of aryl methyl sites for hydroxylation is 6. The van der Waals surface area contributed by atoms with E-state index in [2.05, 4.69) is 34.2 Å². The first-order valence-corrected chi connectivity index (χ1v) is 18.9. The molecule has 1 atom stereocenters. The molecule has 0 saturated carbocycles. The number of hydrogen-bond acceptors (Lipinski definition) is 4. The molecule has 1 radical (unpaired) electrons. The molecular formula is C49H53F3IrN2O2-2. The molecule has 2 aromatic heterocycles. The van der Waals surface area contributed by atoms with Crippen LogP contribution in [0.1, 0.15) is 85.3 Å². The average Bonchev–Trinajstić information content (AvgIpc) is 3.16. The third-order valence-electron chi connectivity index (χ3n) is 9.45. The van der Waals surface area contributed by atoms with E-state index in [-0.39, 0.29) is 62.7 Å². The van der Waals surface area contributed by atoms with Crippen molar-refractivity contribution < 1.29 is 48.7 Å². The molecule has 0 aliphatic rings. The van der Waals surface area contributed by atoms with E-state index in [0.717, 1.165) is 83.5 Å². The van der Waals surface area contributed by atoms with E-state index in [1.54, 1.807) is 6.92 Å². The molecule has 0 bridgehead atoms. The summed E-state index contributed by atoms with van der Waals surface area (Å²) in [6.45, 7) is 17.3. The molecule has 6 aromatic rings. The topological polar surface area (TPSA) is 63.1 Å². The van der Waals surface area contributed by atoms with Gasteiger partial charge in [0.1, 0.15) is 0 Å². The van der Waals surface area contributed by atoms with Crippen LogP contribution < -0.4 is 0 Å². The fourth-order valence-corrected chi connectivity index (χ4v) is 6.61. The second-order valence-corrected chi connectivity index (χ2v) is 14.4. The zero-order chi connectivity index (χ0) is 44.6. The van der Waals surface area contributed by atoms with Gasteiger partial charge in [-0.15, -0.1) is 69.8 Å². The van der Waals surface area contributed by atoms with Crippen LogP contribution in [0, 0.1) is 65.5 Å². The van der Waals surface area contributed by atoms with Crippen LogP contribution in [0.3, 0.4) is 0 Å². The number of pyridine rings is 2. The maximum atomic E-state index is 12.3. The minimum atomic E-state index is -4.33. The Hall–Kier alpha value is -4.65. The summed E-state index contributed by atoms with van der Waals surface area (Å²) in [5.41, 5.74) is 9.78. The number of aliphatic hydroxyl groups is 1. The Labute approximate surface area is 355 Å². The Kier molecular flexibility index (Phi) is 15.1. The van der Waals surface area contributed by atoms with Crippen molar-refractivity contribution in [3.05, 3.63) is 142 Å². The largest absolute Gasteiger partial charge is 0.512 e. The van der Waals surface area contributed by atoms with Crippen molar-refractivity contribution in [1.29, 1.82) is 0 Å². The smallest absolute Gasteiger partial charge is 0.389 e. The summed E-state index contributed by atoms with van der Waals surface area (Å²) < 4.78 is 68.8. The summed E-state index contributed by atoms with van der Waals surface area (Å²) >= 11 is 0. The number of aliphatic hydroxyl groups excluding tert-OH is 1. The number of ketones is 1. The van der Waals surface area contributed by atoms with Crippen LogP contribution in [0.4, 0.5) is 13.2 Å². The van der Waals surface area contributed by atoms with Crippen LogP contribution in [-0.2, 0) is 24.9 Å². The maximum Gasteiger partial charge on any atom is 0.389 e. The van der Waals surface area contributed by atoms with Crippen molar-refractivity contribution in [1.82, 2.24) is 9.97 Å². The monoisotopic (exact) mass is 955 g/mol. The molecule has 0 amide bonds. The fraction of sp³-hybridized carbons (Fsp3) is 0.327. The Morgan fingerprint density at radius 2 is 1.12 bits per heavy atom. The second kappa shape index (κ2) is 21.2. The molecule has 4 nitrogen and oxygen atoms in total. The molecule has 0 aliphatic carbocycles. The molecule has 0 spiro atoms. The van der Waals surface area contributed by atoms with E-state index in [1.165, 1.54) is 0 Å². The number of alkyl halides is 3. The number of carbonyl (C=O) groups excluding carboxylic acids is 1. The average molecular weight is 955 g/mol. The standard InChI is InChI=1S/2C18H16N.C13H21F3O2.Ir/c2*1-12-4-5-17-15(9-12)6-7-19-18(17)16-10-13(2)8-14(3)11-16;1-4-9(5-2)11(17)7-12(18)10(6-3)8-13(14,15)16;/h2*4-10H,1-3H3;7,9-10,18H,4-6,8H2,1-3H3;/q2*-1;;/b;;12-7-;/i2*6D,7D;;. The third kappa shape index (κ3) is 13.5. The van der Waals surface area contributed by atoms with E-state index >= 15 is 0 Å². The molecule has 57 heavy (non-hydrogen) atoms. The predicted molar refractivity (Wildman–Crippen MR) is 225 cm³/mol. The van der Waals surface area contributed by atoms with E-state index in [1.807, 2.05) is 104 Å². The number of hydrogen-bond donors (Lipinski definition) is 1. The Morgan fingerprint density at radius 3 is 1.49 bits per heavy atom. The van der Waals surface area contributed by atoms with Crippen molar-refractivity contribution in [2.24, 2.45) is 11.8 Å². The van der Waals surface area contributed by atoms with E-state index in [0.29, 0.717) is 12.8 Å². The Morgan fingerprint density at radius 1 is 0.702 bits per heavy atom. The number of halogens is 3. The molecule has 4 aromatic carbocycles. The van der Waals surface area contributed by atoms with Gasteiger partial charge < -0.3 is 15.1 Å². The first-order chi connectivity index (χ1) is 28.2. The SMILES string of the molecule is CCC(CC)C(=O)/C=C(\O)C(CC)CC(F)(F)F.[2H]c1nc(-c2[c-]c(C)cc(C)c2)c2ccc(C)cc2c1[2H].[2H]c1nc(-c2[c-]c(C)cc(C)c2)c2ccc(C)cc2c1[2H].[Ir]. The van der Waals surface area contributed by atoms with Crippen molar-refractivity contribution in [2.75, 3.05) is 0 Å². The third-order valence-corrected chi connectivity index (χ3v) is 9.45. The molecule has 0 aliphatic heterocycles. The number of benzene rings is 4. The van der Waals surface area contributed by atoms with Gasteiger partial charge >= 0.3 is 6.18 Å². The number of allylic oxidation sites excluding steroid dienone is 2. The summed E-state index contributed by atoms with van der Waals surface area (Å²) in [6, 6.07) is 27.1. The summed E-state index contributed by atoms with van der Waals surface area (Å²) in [5.74, 6) is -2.00. The Bertz CT molecular complexity index is 2350. The molecule has 2 heterocycles. The van der Waals surface area contributed by atoms with E-state index < -0.39 is 24.3 Å². The Balaban J connectivity index is 0.000000243. The molecule has 0 fully saturated rings. The van der Waals surface area contributed by atoms with Gasteiger partial charge in [0.25, 0.3) is 0 Å². The normalized spacial score (nSPS) is 13.0. The number of rotatable bonds is 9. The first kappa shape index (κ1) is 40.5. The van der Waals surface area contributed by atoms with Crippen LogP contribution >= 0.6 is 0 Å². The molecular weight excluding hydrogens is 898 g/mol. The number of nitrogens with zero attached hydrogens (tertiary/aromatic N) is 2. The van der Waals surface area contributed by atoms with E-state index in [4.69, 9.17) is 5.48 Å². The molecule has 0 saturated heterocycles. The van der Waals surface area contributed by atoms with Crippen LogP contribution in [0.25, 0.3) is 44.1 Å². The van der Waals surface area contributed by atoms with Crippen molar-refractivity contribution in [2.45, 2.75) is 94.2 Å². The predicted octanol–water partition coefficient (Wildman–Crippen LogP) is 13.7. The van der Waals surface area contributed by atoms with Crippen LogP contribution in [-0.4, -0.2) is 27.0 Å². The van der Waals surface area contributed by atoms with Gasteiger partial charge in [-0.25, -0.2) is 0 Å². The zero-order valence-electron chi connectivity index (χ0n) is 38.1. The van der Waals surface area contributed by atoms with Gasteiger partial charge in [-0.1, -0.05) is 96.0 Å². The fourth-order valence-electron chi connectivity index (χ4n) is 6.61. The molecule has 303 valence electrons. The number of fused-ring (bicyclic) bond motifs is 2. The van der Waals surface area contributed by atoms with Crippen molar-refractivity contribution in [3.8, 4) is 22.5 Å². The molecule has 1 unspecified atom stereocenters. The minimum Gasteiger partial charge on any atom is -0.512 e. The summed E-state index contributed by atoms with van der Waals surface area (Å²) in [4.78, 5) is 20.3. The minimum absolute atomic E-state index is 0. The van der Waals surface area contributed by atoms with Gasteiger partial charge in [0.2, 0.25) is 0 Å². The van der Waals surface area contributed by atoms with Crippen LogP contribution in [0.2, 0.25) is 0 Å². The van der Waals surface area contributed by atoms with Crippen molar-refractivity contribution in [3.63, 3.8) is 0 Å². The van der Waals surface area contributed by atoms with Gasteiger partial charge in [-0.2, -0.15) is 13.2 Å². The summed E-state index contributed by atoms with van der Waals surface area (Å²) in [6.07, 6.45) is -3.05. The van der Waals surface area contributed by atoms with Crippen molar-refractivity contribution >= 4 is 27.3 Å². The second-order valence-electron chi connectivity index (χ2n) is 14.4. The first-order valence-electron chi connectivity index (χ1n) is 20.9.